The first kappa shape index (κ1) is 21.3. The van der Waals surface area contributed by atoms with E-state index in [1.54, 1.807) is 0 Å². The van der Waals surface area contributed by atoms with E-state index in [1.165, 1.54) is 12.1 Å². The Morgan fingerprint density at radius 3 is 2.38 bits per heavy atom. The number of sulfone groups is 1. The maximum Gasteiger partial charge on any atom is 0.293 e. The highest BCUT2D eigenvalue weighted by Gasteiger charge is 2.50. The van der Waals surface area contributed by atoms with E-state index in [2.05, 4.69) is 26.6 Å². The molecule has 29 heavy (non-hydrogen) atoms. The van der Waals surface area contributed by atoms with Gasteiger partial charge in [0.15, 0.2) is 9.84 Å². The Kier molecular flexibility index (Phi) is 5.95. The van der Waals surface area contributed by atoms with Crippen LogP contribution in [0.5, 0.6) is 0 Å². The van der Waals surface area contributed by atoms with Gasteiger partial charge >= 0.3 is 0 Å². The van der Waals surface area contributed by atoms with Crippen molar-refractivity contribution in [2.75, 3.05) is 24.7 Å². The van der Waals surface area contributed by atoms with Crippen LogP contribution >= 0.6 is 15.9 Å². The molecule has 0 heterocycles. The molecule has 1 amide bonds. The molecule has 2 aromatic carbocycles. The van der Waals surface area contributed by atoms with E-state index in [0.29, 0.717) is 0 Å². The number of rotatable bonds is 8. The SMILES string of the molecule is CS(=O)(=O)c1ccc(NCCNC(=O)C2(c3ccc(Br)cc3)CC2)c([N+](=O)[O-])c1. The average Bonchev–Trinajstić information content (AvgIpc) is 3.46. The fourth-order valence-corrected chi connectivity index (χ4v) is 4.03. The number of carbonyl (C=O) groups excluding carboxylic acids is 1. The third-order valence-corrected chi connectivity index (χ3v) is 6.54. The van der Waals surface area contributed by atoms with E-state index < -0.39 is 20.2 Å². The van der Waals surface area contributed by atoms with E-state index in [1.807, 2.05) is 24.3 Å². The van der Waals surface area contributed by atoms with Gasteiger partial charge in [0.25, 0.3) is 5.69 Å². The fraction of sp³-hybridized carbons (Fsp3) is 0.316. The zero-order valence-corrected chi connectivity index (χ0v) is 18.0. The lowest BCUT2D eigenvalue weighted by molar-refractivity contribution is -0.384. The molecule has 10 heteroatoms. The summed E-state index contributed by atoms with van der Waals surface area (Å²) < 4.78 is 24.1. The second-order valence-electron chi connectivity index (χ2n) is 6.98. The van der Waals surface area contributed by atoms with Crippen molar-refractivity contribution >= 4 is 43.0 Å². The van der Waals surface area contributed by atoms with Crippen LogP contribution in [0.2, 0.25) is 0 Å². The molecule has 0 unspecified atom stereocenters. The van der Waals surface area contributed by atoms with Crippen LogP contribution in [-0.4, -0.2) is 38.6 Å². The molecule has 8 nitrogen and oxygen atoms in total. The minimum Gasteiger partial charge on any atom is -0.378 e. The molecule has 1 saturated carbocycles. The van der Waals surface area contributed by atoms with Crippen molar-refractivity contribution in [1.82, 2.24) is 5.32 Å². The molecule has 154 valence electrons. The van der Waals surface area contributed by atoms with Gasteiger partial charge in [-0.25, -0.2) is 8.42 Å². The van der Waals surface area contributed by atoms with Crippen LogP contribution in [0.1, 0.15) is 18.4 Å². The number of benzene rings is 2. The van der Waals surface area contributed by atoms with Crippen LogP contribution < -0.4 is 10.6 Å². The highest BCUT2D eigenvalue weighted by molar-refractivity contribution is 9.10. The minimum atomic E-state index is -3.54. The molecule has 1 fully saturated rings. The van der Waals surface area contributed by atoms with Gasteiger partial charge in [-0.3, -0.25) is 14.9 Å². The number of carbonyl (C=O) groups is 1. The Bertz CT molecular complexity index is 1050. The molecule has 0 aromatic heterocycles. The monoisotopic (exact) mass is 481 g/mol. The van der Waals surface area contributed by atoms with E-state index >= 15 is 0 Å². The second-order valence-corrected chi connectivity index (χ2v) is 9.91. The molecule has 0 saturated heterocycles. The summed E-state index contributed by atoms with van der Waals surface area (Å²) in [5.41, 5.74) is 0.348. The number of amides is 1. The quantitative estimate of drug-likeness (QED) is 0.339. The van der Waals surface area contributed by atoms with Crippen LogP contribution in [-0.2, 0) is 20.0 Å². The van der Waals surface area contributed by atoms with E-state index in [0.717, 1.165) is 35.2 Å². The first-order valence-corrected chi connectivity index (χ1v) is 11.6. The number of hydrogen-bond donors (Lipinski definition) is 2. The van der Waals surface area contributed by atoms with Gasteiger partial charge in [0, 0.05) is 29.9 Å². The number of anilines is 1. The molecule has 3 rings (SSSR count). The molecular weight excluding hydrogens is 462 g/mol. The molecule has 2 N–H and O–H groups in total. The zero-order chi connectivity index (χ0) is 21.2. The Morgan fingerprint density at radius 2 is 1.83 bits per heavy atom. The van der Waals surface area contributed by atoms with Crippen molar-refractivity contribution in [3.05, 3.63) is 62.6 Å². The van der Waals surface area contributed by atoms with Gasteiger partial charge < -0.3 is 10.6 Å². The Hall–Kier alpha value is -2.46. The minimum absolute atomic E-state index is 0.0662. The Balaban J connectivity index is 1.60. The van der Waals surface area contributed by atoms with Gasteiger partial charge in [0.05, 0.1) is 15.2 Å². The van der Waals surface area contributed by atoms with Crippen LogP contribution in [0.4, 0.5) is 11.4 Å². The van der Waals surface area contributed by atoms with Crippen molar-refractivity contribution in [3.63, 3.8) is 0 Å². The molecule has 1 aliphatic rings. The predicted octanol–water partition coefficient (Wildman–Crippen LogP) is 3.02. The number of nitrogens with zero attached hydrogens (tertiary/aromatic N) is 1. The van der Waals surface area contributed by atoms with Gasteiger partial charge in [-0.1, -0.05) is 28.1 Å². The van der Waals surface area contributed by atoms with Crippen molar-refractivity contribution < 1.29 is 18.1 Å². The lowest BCUT2D eigenvalue weighted by Crippen LogP contribution is -2.37. The van der Waals surface area contributed by atoms with E-state index in [-0.39, 0.29) is 35.3 Å². The van der Waals surface area contributed by atoms with Gasteiger partial charge in [0.1, 0.15) is 5.69 Å². The Labute approximate surface area is 176 Å². The molecule has 0 spiro atoms. The van der Waals surface area contributed by atoms with Gasteiger partial charge in [-0.15, -0.1) is 0 Å². The number of halogens is 1. The summed E-state index contributed by atoms with van der Waals surface area (Å²) in [5.74, 6) is -0.0662. The van der Waals surface area contributed by atoms with Gasteiger partial charge in [-0.05, 0) is 42.7 Å². The molecule has 1 aliphatic carbocycles. The third-order valence-electron chi connectivity index (χ3n) is 4.90. The van der Waals surface area contributed by atoms with E-state index in [9.17, 15) is 23.3 Å². The lowest BCUT2D eigenvalue weighted by Gasteiger charge is -2.16. The zero-order valence-electron chi connectivity index (χ0n) is 15.6. The summed E-state index contributed by atoms with van der Waals surface area (Å²) in [7, 11) is -3.54. The Morgan fingerprint density at radius 1 is 1.17 bits per heavy atom. The highest BCUT2D eigenvalue weighted by atomic mass is 79.9. The molecule has 0 aliphatic heterocycles. The van der Waals surface area contributed by atoms with Crippen LogP contribution in [0, 0.1) is 10.1 Å². The molecule has 2 aromatic rings. The summed E-state index contributed by atoms with van der Waals surface area (Å²) in [5, 5.41) is 17.0. The standard InChI is InChI=1S/C19H20BrN3O5S/c1-29(27,28)15-6-7-16(17(12-15)23(25)26)21-10-11-22-18(24)19(8-9-19)13-2-4-14(20)5-3-13/h2-7,12,21H,8-11H2,1H3,(H,22,24). The van der Waals surface area contributed by atoms with Crippen molar-refractivity contribution in [3.8, 4) is 0 Å². The smallest absolute Gasteiger partial charge is 0.293 e. The number of hydrogen-bond acceptors (Lipinski definition) is 6. The summed E-state index contributed by atoms with van der Waals surface area (Å²) in [6.07, 6.45) is 2.56. The third kappa shape index (κ3) is 4.76. The number of nitro benzene ring substituents is 1. The summed E-state index contributed by atoms with van der Waals surface area (Å²) >= 11 is 3.38. The highest BCUT2D eigenvalue weighted by Crippen LogP contribution is 2.48. The number of nitro groups is 1. The van der Waals surface area contributed by atoms with E-state index in [4.69, 9.17) is 0 Å². The summed E-state index contributed by atoms with van der Waals surface area (Å²) in [4.78, 5) is 23.1. The predicted molar refractivity (Wildman–Crippen MR) is 113 cm³/mol. The number of nitrogens with one attached hydrogen (secondary N) is 2. The molecule has 0 radical (unpaired) electrons. The average molecular weight is 482 g/mol. The van der Waals surface area contributed by atoms with Gasteiger partial charge in [0.2, 0.25) is 5.91 Å². The maximum atomic E-state index is 12.6. The summed E-state index contributed by atoms with van der Waals surface area (Å²) in [6.45, 7) is 0.545. The largest absolute Gasteiger partial charge is 0.378 e. The lowest BCUT2D eigenvalue weighted by atomic mass is 9.95. The molecule has 0 bridgehead atoms. The van der Waals surface area contributed by atoms with Crippen molar-refractivity contribution in [2.24, 2.45) is 0 Å². The first-order chi connectivity index (χ1) is 13.6. The summed E-state index contributed by atoms with van der Waals surface area (Å²) in [6, 6.07) is 11.4. The fourth-order valence-electron chi connectivity index (χ4n) is 3.13. The van der Waals surface area contributed by atoms with Crippen molar-refractivity contribution in [2.45, 2.75) is 23.2 Å². The first-order valence-electron chi connectivity index (χ1n) is 8.90. The van der Waals surface area contributed by atoms with Crippen LogP contribution in [0.25, 0.3) is 0 Å². The molecular formula is C19H20BrN3O5S. The van der Waals surface area contributed by atoms with Crippen molar-refractivity contribution in [1.29, 1.82) is 0 Å². The topological polar surface area (TPSA) is 118 Å². The maximum absolute atomic E-state index is 12.6. The normalized spacial score (nSPS) is 14.8. The van der Waals surface area contributed by atoms with Crippen LogP contribution in [0.15, 0.2) is 51.8 Å². The second kappa shape index (κ2) is 8.11. The van der Waals surface area contributed by atoms with Gasteiger partial charge in [-0.2, -0.15) is 0 Å². The molecule has 0 atom stereocenters. The van der Waals surface area contributed by atoms with Crippen LogP contribution in [0.3, 0.4) is 0 Å².